The highest BCUT2D eigenvalue weighted by Crippen LogP contribution is 2.28. The summed E-state index contributed by atoms with van der Waals surface area (Å²) in [6.07, 6.45) is 1.77. The van der Waals surface area contributed by atoms with E-state index in [9.17, 15) is 0 Å². The fraction of sp³-hybridized carbons (Fsp3) is 0.0476. The predicted molar refractivity (Wildman–Crippen MR) is 114 cm³/mol. The second kappa shape index (κ2) is 7.78. The van der Waals surface area contributed by atoms with Gasteiger partial charge in [0.15, 0.2) is 0 Å². The Balaban J connectivity index is 1.57. The molecule has 0 spiro atoms. The lowest BCUT2D eigenvalue weighted by Crippen LogP contribution is -1.95. The van der Waals surface area contributed by atoms with E-state index in [1.807, 2.05) is 53.9 Å². The van der Waals surface area contributed by atoms with E-state index in [1.165, 1.54) is 11.3 Å². The summed E-state index contributed by atoms with van der Waals surface area (Å²) in [6.45, 7) is 0. The van der Waals surface area contributed by atoms with Crippen molar-refractivity contribution in [2.75, 3.05) is 12.5 Å². The lowest BCUT2D eigenvalue weighted by molar-refractivity contribution is 0.415. The third kappa shape index (κ3) is 3.79. The van der Waals surface area contributed by atoms with E-state index >= 15 is 0 Å². The fourth-order valence-corrected chi connectivity index (χ4v) is 3.61. The average Bonchev–Trinajstić information content (AvgIpc) is 3.17. The molecule has 0 bridgehead atoms. The van der Waals surface area contributed by atoms with Gasteiger partial charge in [0.2, 0.25) is 5.13 Å². The van der Waals surface area contributed by atoms with Gasteiger partial charge in [-0.25, -0.2) is 4.98 Å². The van der Waals surface area contributed by atoms with Crippen LogP contribution in [-0.4, -0.2) is 18.3 Å². The third-order valence-corrected chi connectivity index (χ3v) is 5.15. The van der Waals surface area contributed by atoms with Crippen LogP contribution in [0.5, 0.6) is 5.75 Å². The number of nitrogens with one attached hydrogen (secondary N) is 1. The van der Waals surface area contributed by atoms with E-state index in [4.69, 9.17) is 16.3 Å². The van der Waals surface area contributed by atoms with Gasteiger partial charge in [-0.2, -0.15) is 5.10 Å². The molecule has 4 rings (SSSR count). The summed E-state index contributed by atoms with van der Waals surface area (Å²) in [5, 5.41) is 10.0. The summed E-state index contributed by atoms with van der Waals surface area (Å²) in [6, 6.07) is 19.7. The number of benzene rings is 3. The van der Waals surface area contributed by atoms with E-state index in [2.05, 4.69) is 27.6 Å². The molecule has 0 radical (unpaired) electrons. The van der Waals surface area contributed by atoms with Gasteiger partial charge in [-0.1, -0.05) is 54.1 Å². The first-order valence-electron chi connectivity index (χ1n) is 8.31. The van der Waals surface area contributed by atoms with Crippen molar-refractivity contribution in [3.8, 4) is 17.0 Å². The lowest BCUT2D eigenvalue weighted by Gasteiger charge is -2.08. The molecule has 0 unspecified atom stereocenters. The molecule has 0 saturated carbocycles. The van der Waals surface area contributed by atoms with Gasteiger partial charge in [0.05, 0.1) is 19.0 Å². The number of halogens is 1. The summed E-state index contributed by atoms with van der Waals surface area (Å²) < 4.78 is 5.48. The van der Waals surface area contributed by atoms with E-state index in [0.717, 1.165) is 38.5 Å². The first kappa shape index (κ1) is 17.5. The van der Waals surface area contributed by atoms with Crippen molar-refractivity contribution in [3.05, 3.63) is 76.6 Å². The minimum absolute atomic E-state index is 0.709. The average molecular weight is 394 g/mol. The largest absolute Gasteiger partial charge is 0.496 e. The second-order valence-corrected chi connectivity index (χ2v) is 7.11. The Morgan fingerprint density at radius 2 is 1.89 bits per heavy atom. The number of fused-ring (bicyclic) bond motifs is 1. The van der Waals surface area contributed by atoms with E-state index in [1.54, 1.807) is 13.3 Å². The number of ether oxygens (including phenoxy) is 1. The van der Waals surface area contributed by atoms with Crippen LogP contribution in [0.2, 0.25) is 5.02 Å². The molecule has 0 atom stereocenters. The quantitative estimate of drug-likeness (QED) is 0.330. The molecule has 0 aliphatic rings. The van der Waals surface area contributed by atoms with Gasteiger partial charge in [0, 0.05) is 21.5 Å². The number of anilines is 1. The third-order valence-electron chi connectivity index (χ3n) is 4.15. The molecule has 6 heteroatoms. The van der Waals surface area contributed by atoms with Gasteiger partial charge in [-0.15, -0.1) is 11.3 Å². The minimum atomic E-state index is 0.709. The summed E-state index contributed by atoms with van der Waals surface area (Å²) in [5.74, 6) is 0.778. The second-order valence-electron chi connectivity index (χ2n) is 5.82. The molecule has 0 amide bonds. The number of rotatable bonds is 5. The maximum Gasteiger partial charge on any atom is 0.203 e. The Bertz CT molecular complexity index is 1110. The van der Waals surface area contributed by atoms with Crippen molar-refractivity contribution < 1.29 is 4.74 Å². The normalized spacial score (nSPS) is 11.2. The van der Waals surface area contributed by atoms with Crippen molar-refractivity contribution in [2.45, 2.75) is 0 Å². The number of hydrogen-bond donors (Lipinski definition) is 1. The Morgan fingerprint density at radius 3 is 2.70 bits per heavy atom. The molecule has 4 aromatic rings. The molecule has 3 aromatic carbocycles. The van der Waals surface area contributed by atoms with Gasteiger partial charge in [-0.05, 0) is 29.0 Å². The van der Waals surface area contributed by atoms with Crippen LogP contribution in [0.15, 0.2) is 71.1 Å². The zero-order valence-corrected chi connectivity index (χ0v) is 16.1. The number of aromatic nitrogens is 1. The lowest BCUT2D eigenvalue weighted by atomic mass is 10.0. The van der Waals surface area contributed by atoms with Crippen LogP contribution < -0.4 is 10.2 Å². The maximum atomic E-state index is 5.94. The number of thiazole rings is 1. The van der Waals surface area contributed by atoms with Crippen LogP contribution in [0.3, 0.4) is 0 Å². The first-order valence-corrected chi connectivity index (χ1v) is 9.56. The van der Waals surface area contributed by atoms with Crippen molar-refractivity contribution in [3.63, 3.8) is 0 Å². The van der Waals surface area contributed by atoms with Crippen molar-refractivity contribution >= 4 is 45.1 Å². The maximum absolute atomic E-state index is 5.94. The van der Waals surface area contributed by atoms with Crippen LogP contribution in [0.4, 0.5) is 5.13 Å². The SMILES string of the molecule is COc1ccc2ccccc2c1/C=N\Nc1nc(-c2ccc(Cl)cc2)cs1. The van der Waals surface area contributed by atoms with E-state index < -0.39 is 0 Å². The standard InChI is InChI=1S/C21H16ClN3OS/c1-26-20-11-8-14-4-2-3-5-17(14)18(20)12-23-25-21-24-19(13-27-21)15-6-9-16(22)10-7-15/h2-13H,1H3,(H,24,25)/b23-12-. The fourth-order valence-electron chi connectivity index (χ4n) is 2.82. The zero-order chi connectivity index (χ0) is 18.6. The van der Waals surface area contributed by atoms with E-state index in [-0.39, 0.29) is 0 Å². The predicted octanol–water partition coefficient (Wildman–Crippen LogP) is 6.07. The highest BCUT2D eigenvalue weighted by atomic mass is 35.5. The number of hydrogen-bond acceptors (Lipinski definition) is 5. The molecule has 0 fully saturated rings. The molecule has 0 saturated heterocycles. The van der Waals surface area contributed by atoms with Crippen molar-refractivity contribution in [1.29, 1.82) is 0 Å². The molecule has 4 nitrogen and oxygen atoms in total. The topological polar surface area (TPSA) is 46.5 Å². The summed E-state index contributed by atoms with van der Waals surface area (Å²) in [5.41, 5.74) is 5.84. The molecule has 1 aromatic heterocycles. The summed E-state index contributed by atoms with van der Waals surface area (Å²) in [7, 11) is 1.66. The Labute approximate surface area is 166 Å². The summed E-state index contributed by atoms with van der Waals surface area (Å²) >= 11 is 7.43. The van der Waals surface area contributed by atoms with Crippen LogP contribution in [0, 0.1) is 0 Å². The highest BCUT2D eigenvalue weighted by molar-refractivity contribution is 7.14. The minimum Gasteiger partial charge on any atom is -0.496 e. The molecular weight excluding hydrogens is 378 g/mol. The van der Waals surface area contributed by atoms with Gasteiger partial charge in [-0.3, -0.25) is 5.43 Å². The Hall–Kier alpha value is -2.89. The van der Waals surface area contributed by atoms with Crippen LogP contribution >= 0.6 is 22.9 Å². The monoisotopic (exact) mass is 393 g/mol. The highest BCUT2D eigenvalue weighted by Gasteiger charge is 2.07. The zero-order valence-electron chi connectivity index (χ0n) is 14.5. The van der Waals surface area contributed by atoms with Crippen LogP contribution in [-0.2, 0) is 0 Å². The van der Waals surface area contributed by atoms with Gasteiger partial charge >= 0.3 is 0 Å². The summed E-state index contributed by atoms with van der Waals surface area (Å²) in [4.78, 5) is 4.57. The van der Waals surface area contributed by atoms with Crippen LogP contribution in [0.1, 0.15) is 5.56 Å². The molecule has 134 valence electrons. The van der Waals surface area contributed by atoms with E-state index in [0.29, 0.717) is 5.02 Å². The van der Waals surface area contributed by atoms with Gasteiger partial charge < -0.3 is 4.74 Å². The number of methoxy groups -OCH3 is 1. The number of hydrazone groups is 1. The molecule has 0 aliphatic heterocycles. The van der Waals surface area contributed by atoms with Gasteiger partial charge in [0.1, 0.15) is 5.75 Å². The Morgan fingerprint density at radius 1 is 1.07 bits per heavy atom. The number of nitrogens with zero attached hydrogens (tertiary/aromatic N) is 2. The smallest absolute Gasteiger partial charge is 0.203 e. The molecular formula is C21H16ClN3OS. The molecule has 27 heavy (non-hydrogen) atoms. The van der Waals surface area contributed by atoms with Crippen molar-refractivity contribution in [1.82, 2.24) is 4.98 Å². The molecule has 1 heterocycles. The van der Waals surface area contributed by atoms with Gasteiger partial charge in [0.25, 0.3) is 0 Å². The Kier molecular flexibility index (Phi) is 5.05. The van der Waals surface area contributed by atoms with Crippen molar-refractivity contribution in [2.24, 2.45) is 5.10 Å². The first-order chi connectivity index (χ1) is 13.2. The van der Waals surface area contributed by atoms with Crippen LogP contribution in [0.25, 0.3) is 22.0 Å². The molecule has 0 aliphatic carbocycles. The molecule has 1 N–H and O–H groups in total.